The molecule has 144 valence electrons. The fourth-order valence-corrected chi connectivity index (χ4v) is 3.27. The van der Waals surface area contributed by atoms with Crippen molar-refractivity contribution in [3.8, 4) is 17.2 Å². The van der Waals surface area contributed by atoms with E-state index in [1.165, 1.54) is 36.4 Å². The highest BCUT2D eigenvalue weighted by molar-refractivity contribution is 6.40. The summed E-state index contributed by atoms with van der Waals surface area (Å²) < 4.78 is 11.1. The Labute approximate surface area is 175 Å². The van der Waals surface area contributed by atoms with E-state index in [1.807, 2.05) is 0 Å². The van der Waals surface area contributed by atoms with Crippen LogP contribution in [0.4, 0.5) is 0 Å². The second-order valence-electron chi connectivity index (χ2n) is 5.69. The predicted molar refractivity (Wildman–Crippen MR) is 108 cm³/mol. The van der Waals surface area contributed by atoms with E-state index in [-0.39, 0.29) is 33.7 Å². The van der Waals surface area contributed by atoms with E-state index in [4.69, 9.17) is 44.0 Å². The van der Waals surface area contributed by atoms with Crippen LogP contribution in [0.1, 0.15) is 21.9 Å². The van der Waals surface area contributed by atoms with Gasteiger partial charge in [-0.3, -0.25) is 4.79 Å². The number of allylic oxidation sites excluding steroid dienone is 1. The fraction of sp³-hybridized carbons (Fsp3) is 0.0500. The monoisotopic (exact) mass is 438 g/mol. The molecule has 0 spiro atoms. The highest BCUT2D eigenvalue weighted by atomic mass is 35.5. The standard InChI is InChI=1S/C20H13Cl3O5/c21-11-7-16(22)20(17(23)8-11)27-10-14-3-2-13(28-14)4-6-18(25)15-5-1-12(24)9-19(15)26/h1-9,24,26H,10H2/b6-4+. The largest absolute Gasteiger partial charge is 0.508 e. The molecule has 1 heterocycles. The number of furan rings is 1. The number of ketones is 1. The number of phenols is 2. The summed E-state index contributed by atoms with van der Waals surface area (Å²) in [6.07, 6.45) is 2.71. The van der Waals surface area contributed by atoms with Crippen molar-refractivity contribution < 1.29 is 24.2 Å². The zero-order valence-electron chi connectivity index (χ0n) is 14.2. The van der Waals surface area contributed by atoms with Gasteiger partial charge in [0.1, 0.15) is 29.6 Å². The molecule has 0 unspecified atom stereocenters. The zero-order chi connectivity index (χ0) is 20.3. The molecule has 0 bridgehead atoms. The van der Waals surface area contributed by atoms with Gasteiger partial charge in [-0.25, -0.2) is 0 Å². The Balaban J connectivity index is 1.66. The molecule has 0 fully saturated rings. The molecule has 0 saturated heterocycles. The second-order valence-corrected chi connectivity index (χ2v) is 6.94. The maximum atomic E-state index is 12.1. The SMILES string of the molecule is O=C(/C=C/c1ccc(COc2c(Cl)cc(Cl)cc2Cl)o1)c1ccc(O)cc1O. The highest BCUT2D eigenvalue weighted by Gasteiger charge is 2.11. The van der Waals surface area contributed by atoms with E-state index in [0.29, 0.717) is 22.3 Å². The Kier molecular flexibility index (Phi) is 6.19. The molecule has 3 aromatic rings. The minimum atomic E-state index is -0.438. The Morgan fingerprint density at radius 3 is 2.43 bits per heavy atom. The normalized spacial score (nSPS) is 11.1. The third-order valence-corrected chi connectivity index (χ3v) is 4.43. The number of benzene rings is 2. The summed E-state index contributed by atoms with van der Waals surface area (Å²) in [7, 11) is 0. The van der Waals surface area contributed by atoms with Crippen LogP contribution in [-0.2, 0) is 6.61 Å². The summed E-state index contributed by atoms with van der Waals surface area (Å²) in [5, 5.41) is 20.0. The van der Waals surface area contributed by atoms with Crippen molar-refractivity contribution in [2.45, 2.75) is 6.61 Å². The third kappa shape index (κ3) is 4.81. The molecule has 0 aliphatic heterocycles. The number of carbonyl (C=O) groups excluding carboxylic acids is 1. The van der Waals surface area contributed by atoms with Crippen molar-refractivity contribution >= 4 is 46.7 Å². The highest BCUT2D eigenvalue weighted by Crippen LogP contribution is 2.36. The van der Waals surface area contributed by atoms with Crippen LogP contribution in [0.15, 0.2) is 53.0 Å². The summed E-state index contributed by atoms with van der Waals surface area (Å²) in [4.78, 5) is 12.1. The minimum Gasteiger partial charge on any atom is -0.508 e. The van der Waals surface area contributed by atoms with Crippen LogP contribution in [0.5, 0.6) is 17.2 Å². The van der Waals surface area contributed by atoms with Gasteiger partial charge in [0, 0.05) is 11.1 Å². The molecule has 0 aliphatic carbocycles. The molecule has 2 aromatic carbocycles. The first kappa shape index (κ1) is 20.1. The topological polar surface area (TPSA) is 79.9 Å². The molecule has 1 aromatic heterocycles. The lowest BCUT2D eigenvalue weighted by atomic mass is 10.1. The van der Waals surface area contributed by atoms with Crippen molar-refractivity contribution in [1.82, 2.24) is 0 Å². The number of halogens is 3. The Morgan fingerprint density at radius 1 is 1.04 bits per heavy atom. The molecule has 0 saturated carbocycles. The van der Waals surface area contributed by atoms with Crippen LogP contribution in [0.3, 0.4) is 0 Å². The lowest BCUT2D eigenvalue weighted by Gasteiger charge is -2.08. The molecule has 5 nitrogen and oxygen atoms in total. The lowest BCUT2D eigenvalue weighted by molar-refractivity contribution is 0.104. The van der Waals surface area contributed by atoms with Crippen molar-refractivity contribution in [1.29, 1.82) is 0 Å². The van der Waals surface area contributed by atoms with Gasteiger partial charge in [0.05, 0.1) is 15.6 Å². The van der Waals surface area contributed by atoms with E-state index in [9.17, 15) is 15.0 Å². The number of carbonyl (C=O) groups is 1. The average Bonchev–Trinajstić information content (AvgIpc) is 3.06. The second kappa shape index (κ2) is 8.61. The smallest absolute Gasteiger partial charge is 0.189 e. The molecular formula is C20H13Cl3O5. The predicted octanol–water partition coefficient (Wildman–Crippen LogP) is 6.13. The Morgan fingerprint density at radius 2 is 1.75 bits per heavy atom. The quantitative estimate of drug-likeness (QED) is 0.357. The van der Waals surface area contributed by atoms with Crippen LogP contribution >= 0.6 is 34.8 Å². The summed E-state index contributed by atoms with van der Waals surface area (Å²) in [6, 6.07) is 10.1. The van der Waals surface area contributed by atoms with E-state index in [2.05, 4.69) is 0 Å². The van der Waals surface area contributed by atoms with Gasteiger partial charge in [0.25, 0.3) is 0 Å². The van der Waals surface area contributed by atoms with E-state index < -0.39 is 5.78 Å². The summed E-state index contributed by atoms with van der Waals surface area (Å²) in [5.41, 5.74) is 0.0659. The molecular weight excluding hydrogens is 427 g/mol. The Bertz CT molecular complexity index is 1030. The molecule has 3 rings (SSSR count). The Hall–Kier alpha value is -2.60. The van der Waals surface area contributed by atoms with E-state index >= 15 is 0 Å². The van der Waals surface area contributed by atoms with Crippen LogP contribution in [-0.4, -0.2) is 16.0 Å². The van der Waals surface area contributed by atoms with Gasteiger partial charge < -0.3 is 19.4 Å². The molecule has 8 heteroatoms. The average molecular weight is 440 g/mol. The van der Waals surface area contributed by atoms with Crippen molar-refractivity contribution in [3.05, 3.63) is 80.7 Å². The summed E-state index contributed by atoms with van der Waals surface area (Å²) in [5.74, 6) is 0.320. The van der Waals surface area contributed by atoms with Crippen LogP contribution < -0.4 is 4.74 Å². The maximum Gasteiger partial charge on any atom is 0.189 e. The van der Waals surface area contributed by atoms with Gasteiger partial charge in [-0.2, -0.15) is 0 Å². The molecule has 2 N–H and O–H groups in total. The first-order valence-electron chi connectivity index (χ1n) is 7.94. The maximum absolute atomic E-state index is 12.1. The molecule has 28 heavy (non-hydrogen) atoms. The van der Waals surface area contributed by atoms with Gasteiger partial charge in [-0.1, -0.05) is 34.8 Å². The number of hydrogen-bond donors (Lipinski definition) is 2. The van der Waals surface area contributed by atoms with E-state index in [0.717, 1.165) is 6.07 Å². The number of aromatic hydroxyl groups is 2. The van der Waals surface area contributed by atoms with Gasteiger partial charge in [-0.15, -0.1) is 0 Å². The van der Waals surface area contributed by atoms with Crippen molar-refractivity contribution in [2.75, 3.05) is 0 Å². The van der Waals surface area contributed by atoms with Crippen LogP contribution in [0.2, 0.25) is 15.1 Å². The van der Waals surface area contributed by atoms with E-state index in [1.54, 1.807) is 12.1 Å². The van der Waals surface area contributed by atoms with Crippen molar-refractivity contribution in [3.63, 3.8) is 0 Å². The van der Waals surface area contributed by atoms with Crippen molar-refractivity contribution in [2.24, 2.45) is 0 Å². The van der Waals surface area contributed by atoms with Gasteiger partial charge in [-0.05, 0) is 48.6 Å². The first-order valence-corrected chi connectivity index (χ1v) is 9.07. The zero-order valence-corrected chi connectivity index (χ0v) is 16.4. The van der Waals surface area contributed by atoms with Crippen LogP contribution in [0.25, 0.3) is 6.08 Å². The first-order chi connectivity index (χ1) is 13.3. The number of phenolic OH excluding ortho intramolecular Hbond substituents is 2. The minimum absolute atomic E-state index is 0.0659. The molecule has 0 radical (unpaired) electrons. The summed E-state index contributed by atoms with van der Waals surface area (Å²) >= 11 is 18.0. The third-order valence-electron chi connectivity index (χ3n) is 3.65. The number of hydrogen-bond acceptors (Lipinski definition) is 5. The fourth-order valence-electron chi connectivity index (χ4n) is 2.35. The number of rotatable bonds is 6. The molecule has 0 atom stereocenters. The lowest BCUT2D eigenvalue weighted by Crippen LogP contribution is -1.95. The number of ether oxygens (including phenoxy) is 1. The van der Waals surface area contributed by atoms with Gasteiger partial charge in [0.2, 0.25) is 0 Å². The van der Waals surface area contributed by atoms with Gasteiger partial charge in [0.15, 0.2) is 11.5 Å². The molecule has 0 aliphatic rings. The summed E-state index contributed by atoms with van der Waals surface area (Å²) in [6.45, 7) is 0.0710. The molecule has 0 amide bonds. The van der Waals surface area contributed by atoms with Crippen LogP contribution in [0, 0.1) is 0 Å². The van der Waals surface area contributed by atoms with Gasteiger partial charge >= 0.3 is 0 Å².